The van der Waals surface area contributed by atoms with E-state index in [2.05, 4.69) is 37.4 Å². The van der Waals surface area contributed by atoms with Crippen LogP contribution in [0.5, 0.6) is 5.75 Å². The highest BCUT2D eigenvalue weighted by atomic mass is 16.5. The molecule has 2 aromatic carbocycles. The van der Waals surface area contributed by atoms with E-state index in [1.54, 1.807) is 0 Å². The van der Waals surface area contributed by atoms with Gasteiger partial charge in [0.2, 0.25) is 0 Å². The highest BCUT2D eigenvalue weighted by molar-refractivity contribution is 5.81. The van der Waals surface area contributed by atoms with Crippen molar-refractivity contribution in [2.24, 2.45) is 0 Å². The summed E-state index contributed by atoms with van der Waals surface area (Å²) in [6, 6.07) is 12.3. The predicted octanol–water partition coefficient (Wildman–Crippen LogP) is 4.96. The highest BCUT2D eigenvalue weighted by Gasteiger charge is 2.21. The lowest BCUT2D eigenvalue weighted by Crippen LogP contribution is -2.39. The molecular weight excluding hydrogens is 310 g/mol. The van der Waals surface area contributed by atoms with E-state index in [0.29, 0.717) is 6.42 Å². The molecule has 0 heterocycles. The third kappa shape index (κ3) is 4.85. The third-order valence-corrected chi connectivity index (χ3v) is 4.67. The molecule has 134 valence electrons. The summed E-state index contributed by atoms with van der Waals surface area (Å²) in [4.78, 5) is 12.7. The Morgan fingerprint density at radius 3 is 2.32 bits per heavy atom. The van der Waals surface area contributed by atoms with E-state index in [-0.39, 0.29) is 11.9 Å². The number of hydrogen-bond donors (Lipinski definition) is 1. The smallest absolute Gasteiger partial charge is 0.261 e. The first kappa shape index (κ1) is 19.0. The molecule has 2 aromatic rings. The van der Waals surface area contributed by atoms with Gasteiger partial charge < -0.3 is 10.1 Å². The molecule has 1 N–H and O–H groups in total. The van der Waals surface area contributed by atoms with E-state index in [4.69, 9.17) is 4.74 Å². The van der Waals surface area contributed by atoms with Gasteiger partial charge in [-0.2, -0.15) is 0 Å². The molecule has 0 fully saturated rings. The van der Waals surface area contributed by atoms with E-state index in [9.17, 15) is 4.79 Å². The average molecular weight is 339 g/mol. The van der Waals surface area contributed by atoms with Crippen LogP contribution >= 0.6 is 0 Å². The highest BCUT2D eigenvalue weighted by Crippen LogP contribution is 2.22. The van der Waals surface area contributed by atoms with Crippen molar-refractivity contribution in [1.29, 1.82) is 0 Å². The molecule has 0 aliphatic heterocycles. The second-order valence-corrected chi connectivity index (χ2v) is 6.86. The zero-order chi connectivity index (χ0) is 18.6. The number of rotatable bonds is 6. The summed E-state index contributed by atoms with van der Waals surface area (Å²) in [5.74, 6) is 0.704. The lowest BCUT2D eigenvalue weighted by Gasteiger charge is -2.22. The molecule has 1 amide bonds. The zero-order valence-corrected chi connectivity index (χ0v) is 16.1. The van der Waals surface area contributed by atoms with Crippen LogP contribution in [-0.4, -0.2) is 12.0 Å². The van der Waals surface area contributed by atoms with E-state index in [1.165, 1.54) is 11.1 Å². The number of carbonyl (C=O) groups excluding carboxylic acids is 1. The molecule has 0 aliphatic rings. The second-order valence-electron chi connectivity index (χ2n) is 6.86. The lowest BCUT2D eigenvalue weighted by atomic mass is 10.0. The minimum absolute atomic E-state index is 0.0527. The lowest BCUT2D eigenvalue weighted by molar-refractivity contribution is -0.128. The summed E-state index contributed by atoms with van der Waals surface area (Å²) in [5, 5.41) is 3.08. The fourth-order valence-electron chi connectivity index (χ4n) is 2.73. The minimum Gasteiger partial charge on any atom is -0.480 e. The predicted molar refractivity (Wildman–Crippen MR) is 103 cm³/mol. The fourth-order valence-corrected chi connectivity index (χ4v) is 2.73. The van der Waals surface area contributed by atoms with E-state index >= 15 is 0 Å². The molecule has 3 heteroatoms. The quantitative estimate of drug-likeness (QED) is 0.808. The van der Waals surface area contributed by atoms with Gasteiger partial charge in [0.05, 0.1) is 6.04 Å². The van der Waals surface area contributed by atoms with Crippen molar-refractivity contribution in [3.63, 3.8) is 0 Å². The molecule has 0 bridgehead atoms. The van der Waals surface area contributed by atoms with Crippen LogP contribution in [0.4, 0.5) is 0 Å². The number of carbonyl (C=O) groups is 1. The van der Waals surface area contributed by atoms with Crippen molar-refractivity contribution in [1.82, 2.24) is 5.32 Å². The van der Waals surface area contributed by atoms with Crippen LogP contribution in [0, 0.1) is 27.7 Å². The van der Waals surface area contributed by atoms with Crippen molar-refractivity contribution < 1.29 is 9.53 Å². The van der Waals surface area contributed by atoms with Crippen molar-refractivity contribution in [2.75, 3.05) is 0 Å². The van der Waals surface area contributed by atoms with Crippen molar-refractivity contribution in [3.05, 3.63) is 64.2 Å². The number of hydrogen-bond acceptors (Lipinski definition) is 2. The summed E-state index contributed by atoms with van der Waals surface area (Å²) < 4.78 is 6.00. The Balaban J connectivity index is 2.08. The van der Waals surface area contributed by atoms with Gasteiger partial charge >= 0.3 is 0 Å². The molecule has 0 aliphatic carbocycles. The summed E-state index contributed by atoms with van der Waals surface area (Å²) in [6.07, 6.45) is 0.133. The number of amides is 1. The summed E-state index contributed by atoms with van der Waals surface area (Å²) >= 11 is 0. The normalized spacial score (nSPS) is 13.2. The van der Waals surface area contributed by atoms with Gasteiger partial charge in [-0.3, -0.25) is 4.79 Å². The average Bonchev–Trinajstić information content (AvgIpc) is 2.57. The van der Waals surface area contributed by atoms with Crippen LogP contribution in [0.25, 0.3) is 0 Å². The zero-order valence-electron chi connectivity index (χ0n) is 16.1. The molecule has 0 radical (unpaired) electrons. The summed E-state index contributed by atoms with van der Waals surface area (Å²) in [7, 11) is 0. The van der Waals surface area contributed by atoms with Gasteiger partial charge in [-0.25, -0.2) is 0 Å². The number of nitrogens with one attached hydrogen (secondary N) is 1. The molecule has 0 spiro atoms. The van der Waals surface area contributed by atoms with Crippen LogP contribution < -0.4 is 10.1 Å². The molecule has 3 nitrogen and oxygen atoms in total. The molecule has 0 unspecified atom stereocenters. The Labute approximate surface area is 151 Å². The van der Waals surface area contributed by atoms with Crippen LogP contribution in [0.1, 0.15) is 54.1 Å². The fraction of sp³-hybridized carbons (Fsp3) is 0.409. The molecule has 2 rings (SSSR count). The Hall–Kier alpha value is -2.29. The SMILES string of the molecule is CC[C@H](Oc1cc(C)ccc1C)C(=O)N[C@@H](C)c1ccc(C)c(C)c1. The van der Waals surface area contributed by atoms with E-state index < -0.39 is 6.10 Å². The molecular formula is C22H29NO2. The Kier molecular flexibility index (Phi) is 6.24. The Morgan fingerprint density at radius 1 is 1.00 bits per heavy atom. The van der Waals surface area contributed by atoms with E-state index in [1.807, 2.05) is 45.9 Å². The first-order valence-corrected chi connectivity index (χ1v) is 8.93. The molecule has 0 saturated heterocycles. The van der Waals surface area contributed by atoms with Crippen molar-refractivity contribution in [3.8, 4) is 5.75 Å². The third-order valence-electron chi connectivity index (χ3n) is 4.67. The van der Waals surface area contributed by atoms with Crippen LogP contribution in [0.15, 0.2) is 36.4 Å². The topological polar surface area (TPSA) is 38.3 Å². The van der Waals surface area contributed by atoms with Gasteiger partial charge in [0, 0.05) is 0 Å². The maximum Gasteiger partial charge on any atom is 0.261 e. The monoisotopic (exact) mass is 339 g/mol. The van der Waals surface area contributed by atoms with Crippen molar-refractivity contribution in [2.45, 2.75) is 60.1 Å². The maximum atomic E-state index is 12.7. The van der Waals surface area contributed by atoms with E-state index in [0.717, 1.165) is 22.4 Å². The minimum atomic E-state index is -0.491. The largest absolute Gasteiger partial charge is 0.480 e. The van der Waals surface area contributed by atoms with Gasteiger partial charge in [-0.1, -0.05) is 37.3 Å². The molecule has 0 aromatic heterocycles. The molecule has 2 atom stereocenters. The molecule has 25 heavy (non-hydrogen) atoms. The van der Waals surface area contributed by atoms with Gasteiger partial charge in [-0.15, -0.1) is 0 Å². The summed E-state index contributed by atoms with van der Waals surface area (Å²) in [5.41, 5.74) is 5.76. The van der Waals surface area contributed by atoms with Gasteiger partial charge in [-0.05, 0) is 74.9 Å². The van der Waals surface area contributed by atoms with Crippen LogP contribution in [0.2, 0.25) is 0 Å². The van der Waals surface area contributed by atoms with Gasteiger partial charge in [0.15, 0.2) is 6.10 Å². The van der Waals surface area contributed by atoms with Crippen LogP contribution in [0.3, 0.4) is 0 Å². The first-order valence-electron chi connectivity index (χ1n) is 8.93. The van der Waals surface area contributed by atoms with Gasteiger partial charge in [0.1, 0.15) is 5.75 Å². The Morgan fingerprint density at radius 2 is 1.68 bits per heavy atom. The van der Waals surface area contributed by atoms with Crippen molar-refractivity contribution >= 4 is 5.91 Å². The number of benzene rings is 2. The second kappa shape index (κ2) is 8.19. The molecule has 0 saturated carbocycles. The Bertz CT molecular complexity index is 752. The summed E-state index contributed by atoms with van der Waals surface area (Å²) in [6.45, 7) is 12.2. The number of aryl methyl sites for hydroxylation is 4. The van der Waals surface area contributed by atoms with Gasteiger partial charge in [0.25, 0.3) is 5.91 Å². The first-order chi connectivity index (χ1) is 11.8. The standard InChI is InChI=1S/C22H29NO2/c1-7-20(25-21-12-14(2)8-9-16(21)4)22(24)23-18(6)19-11-10-15(3)17(5)13-19/h8-13,18,20H,7H2,1-6H3,(H,23,24)/t18-,20-/m0/s1. The number of ether oxygens (including phenoxy) is 1. The maximum absolute atomic E-state index is 12.7. The van der Waals surface area contributed by atoms with Crippen LogP contribution in [-0.2, 0) is 4.79 Å².